The lowest BCUT2D eigenvalue weighted by atomic mass is 10.2. The first kappa shape index (κ1) is 17.2. The third kappa shape index (κ3) is 7.48. The van der Waals surface area contributed by atoms with E-state index < -0.39 is 5.97 Å². The molecule has 21 heavy (non-hydrogen) atoms. The van der Waals surface area contributed by atoms with Gasteiger partial charge in [-0.05, 0) is 30.3 Å². The molecule has 5 nitrogen and oxygen atoms in total. The lowest BCUT2D eigenvalue weighted by Crippen LogP contribution is -2.31. The molecule has 116 valence electrons. The van der Waals surface area contributed by atoms with Crippen molar-refractivity contribution in [2.24, 2.45) is 0 Å². The van der Waals surface area contributed by atoms with Gasteiger partial charge in [-0.25, -0.2) is 4.79 Å². The Labute approximate surface area is 125 Å². The number of hydrogen-bond donors (Lipinski definition) is 1. The molecule has 1 aromatic rings. The normalized spacial score (nSPS) is 11.2. The molecule has 5 heteroatoms. The average molecular weight is 293 g/mol. The fourth-order valence-corrected chi connectivity index (χ4v) is 1.78. The summed E-state index contributed by atoms with van der Waals surface area (Å²) in [7, 11) is 1.70. The number of ether oxygens (including phenoxy) is 2. The summed E-state index contributed by atoms with van der Waals surface area (Å²) < 4.78 is 10.7. The van der Waals surface area contributed by atoms with Crippen molar-refractivity contribution in [2.75, 3.05) is 40.0 Å². The van der Waals surface area contributed by atoms with Crippen LogP contribution < -0.4 is 4.74 Å². The van der Waals surface area contributed by atoms with Crippen molar-refractivity contribution in [3.8, 4) is 5.75 Å². The van der Waals surface area contributed by atoms with Crippen molar-refractivity contribution in [3.63, 3.8) is 0 Å². The summed E-state index contributed by atoms with van der Waals surface area (Å²) in [6.07, 6.45) is 2.67. The zero-order chi connectivity index (χ0) is 15.5. The number of benzene rings is 1. The second-order valence-corrected chi connectivity index (χ2v) is 4.52. The number of carboxylic acids is 1. The second kappa shape index (κ2) is 9.96. The quantitative estimate of drug-likeness (QED) is 0.670. The Morgan fingerprint density at radius 1 is 1.24 bits per heavy atom. The third-order valence-electron chi connectivity index (χ3n) is 3.03. The van der Waals surface area contributed by atoms with Gasteiger partial charge in [0, 0.05) is 26.3 Å². The molecule has 0 bridgehead atoms. The first-order valence-corrected chi connectivity index (χ1v) is 7.01. The second-order valence-electron chi connectivity index (χ2n) is 4.52. The Morgan fingerprint density at radius 3 is 2.48 bits per heavy atom. The van der Waals surface area contributed by atoms with Crippen LogP contribution in [-0.4, -0.2) is 55.9 Å². The molecule has 0 heterocycles. The molecule has 0 fully saturated rings. The lowest BCUT2D eigenvalue weighted by Gasteiger charge is -2.19. The van der Waals surface area contributed by atoms with Gasteiger partial charge in [-0.3, -0.25) is 4.90 Å². The van der Waals surface area contributed by atoms with E-state index in [2.05, 4.69) is 11.8 Å². The molecule has 0 spiro atoms. The lowest BCUT2D eigenvalue weighted by molar-refractivity contribution is -0.131. The van der Waals surface area contributed by atoms with Crippen molar-refractivity contribution in [1.29, 1.82) is 0 Å². The van der Waals surface area contributed by atoms with E-state index in [4.69, 9.17) is 14.6 Å². The summed E-state index contributed by atoms with van der Waals surface area (Å²) in [6, 6.07) is 7.34. The molecule has 0 saturated heterocycles. The van der Waals surface area contributed by atoms with Gasteiger partial charge in [0.15, 0.2) is 0 Å². The molecule has 0 saturated carbocycles. The standard InChI is InChI=1S/C16H23NO4/c1-3-17(10-12-20-2)11-13-21-15-7-4-14(5-8-15)6-9-16(18)19/h4-9H,3,10-13H2,1-2H3,(H,18,19). The van der Waals surface area contributed by atoms with Crippen molar-refractivity contribution < 1.29 is 19.4 Å². The zero-order valence-electron chi connectivity index (χ0n) is 12.6. The van der Waals surface area contributed by atoms with Crippen LogP contribution in [0.15, 0.2) is 30.3 Å². The summed E-state index contributed by atoms with van der Waals surface area (Å²) in [5.41, 5.74) is 0.833. The Balaban J connectivity index is 2.36. The number of nitrogens with zero attached hydrogens (tertiary/aromatic N) is 1. The Morgan fingerprint density at radius 2 is 1.90 bits per heavy atom. The van der Waals surface area contributed by atoms with Crippen LogP contribution in [0.1, 0.15) is 12.5 Å². The van der Waals surface area contributed by atoms with Crippen LogP contribution >= 0.6 is 0 Å². The monoisotopic (exact) mass is 293 g/mol. The predicted molar refractivity (Wildman–Crippen MR) is 82.6 cm³/mol. The van der Waals surface area contributed by atoms with E-state index in [0.29, 0.717) is 6.61 Å². The zero-order valence-corrected chi connectivity index (χ0v) is 12.6. The summed E-state index contributed by atoms with van der Waals surface area (Å²) in [6.45, 7) is 6.15. The van der Waals surface area contributed by atoms with Gasteiger partial charge in [-0.1, -0.05) is 19.1 Å². The molecule has 0 radical (unpaired) electrons. The first-order valence-electron chi connectivity index (χ1n) is 7.01. The van der Waals surface area contributed by atoms with E-state index in [0.717, 1.165) is 43.6 Å². The van der Waals surface area contributed by atoms with E-state index in [1.165, 1.54) is 0 Å². The maximum Gasteiger partial charge on any atom is 0.328 e. The van der Waals surface area contributed by atoms with Crippen LogP contribution in [0.25, 0.3) is 6.08 Å². The summed E-state index contributed by atoms with van der Waals surface area (Å²) >= 11 is 0. The largest absolute Gasteiger partial charge is 0.492 e. The average Bonchev–Trinajstić information content (AvgIpc) is 2.49. The Bertz CT molecular complexity index is 442. The van der Waals surface area contributed by atoms with Crippen molar-refractivity contribution in [2.45, 2.75) is 6.92 Å². The highest BCUT2D eigenvalue weighted by atomic mass is 16.5. The minimum Gasteiger partial charge on any atom is -0.492 e. The van der Waals surface area contributed by atoms with Gasteiger partial charge in [0.2, 0.25) is 0 Å². The fraction of sp³-hybridized carbons (Fsp3) is 0.438. The molecular formula is C16H23NO4. The number of hydrogen-bond acceptors (Lipinski definition) is 4. The highest BCUT2D eigenvalue weighted by molar-refractivity contribution is 5.85. The maximum absolute atomic E-state index is 10.4. The summed E-state index contributed by atoms with van der Waals surface area (Å²) in [5, 5.41) is 8.56. The van der Waals surface area contributed by atoms with Crippen molar-refractivity contribution in [3.05, 3.63) is 35.9 Å². The minimum absolute atomic E-state index is 0.613. The molecule has 0 aliphatic carbocycles. The molecule has 0 aromatic heterocycles. The van der Waals surface area contributed by atoms with Gasteiger partial charge in [-0.15, -0.1) is 0 Å². The van der Waals surface area contributed by atoms with Crippen LogP contribution in [0.4, 0.5) is 0 Å². The number of methoxy groups -OCH3 is 1. The molecule has 1 aromatic carbocycles. The molecule has 0 atom stereocenters. The van der Waals surface area contributed by atoms with E-state index in [1.807, 2.05) is 24.3 Å². The predicted octanol–water partition coefficient (Wildman–Crippen LogP) is 2.13. The number of rotatable bonds is 10. The molecule has 0 aliphatic rings. The van der Waals surface area contributed by atoms with Crippen LogP contribution in [0, 0.1) is 0 Å². The third-order valence-corrected chi connectivity index (χ3v) is 3.03. The van der Waals surface area contributed by atoms with Gasteiger partial charge in [0.25, 0.3) is 0 Å². The summed E-state index contributed by atoms with van der Waals surface area (Å²) in [4.78, 5) is 12.7. The molecule has 0 aliphatic heterocycles. The number of likely N-dealkylation sites (N-methyl/N-ethyl adjacent to an activating group) is 1. The van der Waals surface area contributed by atoms with Crippen molar-refractivity contribution >= 4 is 12.0 Å². The molecule has 0 amide bonds. The molecule has 0 unspecified atom stereocenters. The summed E-state index contributed by atoms with van der Waals surface area (Å²) in [5.74, 6) is -0.170. The van der Waals surface area contributed by atoms with Crippen LogP contribution in [0.2, 0.25) is 0 Å². The van der Waals surface area contributed by atoms with Crippen molar-refractivity contribution in [1.82, 2.24) is 4.90 Å². The van der Waals surface area contributed by atoms with Gasteiger partial charge in [0.1, 0.15) is 12.4 Å². The van der Waals surface area contributed by atoms with E-state index >= 15 is 0 Å². The number of aliphatic carboxylic acids is 1. The molecule has 1 rings (SSSR count). The van der Waals surface area contributed by atoms with Crippen LogP contribution in [0.5, 0.6) is 5.75 Å². The molecular weight excluding hydrogens is 270 g/mol. The van der Waals surface area contributed by atoms with E-state index in [-0.39, 0.29) is 0 Å². The Kier molecular flexibility index (Phi) is 8.16. The minimum atomic E-state index is -0.953. The van der Waals surface area contributed by atoms with E-state index in [1.54, 1.807) is 13.2 Å². The highest BCUT2D eigenvalue weighted by Gasteiger charge is 2.02. The van der Waals surface area contributed by atoms with Gasteiger partial charge < -0.3 is 14.6 Å². The van der Waals surface area contributed by atoms with Gasteiger partial charge >= 0.3 is 5.97 Å². The highest BCUT2D eigenvalue weighted by Crippen LogP contribution is 2.13. The smallest absolute Gasteiger partial charge is 0.328 e. The first-order chi connectivity index (χ1) is 10.2. The SMILES string of the molecule is CCN(CCOC)CCOc1ccc(C=CC(=O)O)cc1. The fourth-order valence-electron chi connectivity index (χ4n) is 1.78. The topological polar surface area (TPSA) is 59.0 Å². The van der Waals surface area contributed by atoms with Gasteiger partial charge in [-0.2, -0.15) is 0 Å². The van der Waals surface area contributed by atoms with E-state index in [9.17, 15) is 4.79 Å². The number of carboxylic acid groups (broad SMARTS) is 1. The van der Waals surface area contributed by atoms with Crippen LogP contribution in [-0.2, 0) is 9.53 Å². The van der Waals surface area contributed by atoms with Crippen LogP contribution in [0.3, 0.4) is 0 Å². The van der Waals surface area contributed by atoms with Gasteiger partial charge in [0.05, 0.1) is 6.61 Å². The number of carbonyl (C=O) groups is 1. The molecule has 1 N–H and O–H groups in total. The Hall–Kier alpha value is -1.85. The maximum atomic E-state index is 10.4.